The Balaban J connectivity index is 2.06. The molecule has 0 aliphatic rings. The molecule has 30 heavy (non-hydrogen) atoms. The Morgan fingerprint density at radius 2 is 1.70 bits per heavy atom. The molecule has 158 valence electrons. The number of hydrogen-bond acceptors (Lipinski definition) is 6. The van der Waals surface area contributed by atoms with Crippen molar-refractivity contribution in [1.29, 1.82) is 0 Å². The van der Waals surface area contributed by atoms with E-state index in [0.29, 0.717) is 27.7 Å². The predicted molar refractivity (Wildman–Crippen MR) is 114 cm³/mol. The van der Waals surface area contributed by atoms with Gasteiger partial charge < -0.3 is 23.9 Å². The van der Waals surface area contributed by atoms with Crippen molar-refractivity contribution >= 4 is 34.1 Å². The molecular formula is C21H22ClN3O5. The number of azo groups is 1. The number of carbonyl (C=O) groups is 1. The molecule has 1 heterocycles. The summed E-state index contributed by atoms with van der Waals surface area (Å²) in [5, 5.41) is 19.6. The molecule has 3 aromatic rings. The van der Waals surface area contributed by atoms with Crippen molar-refractivity contribution < 1.29 is 24.1 Å². The molecular weight excluding hydrogens is 410 g/mol. The minimum absolute atomic E-state index is 0.0385. The molecule has 0 spiro atoms. The Hall–Kier alpha value is -3.26. The quantitative estimate of drug-likeness (QED) is 0.517. The highest BCUT2D eigenvalue weighted by molar-refractivity contribution is 6.31. The van der Waals surface area contributed by atoms with Crippen LogP contribution in [-0.2, 0) is 0 Å². The van der Waals surface area contributed by atoms with Gasteiger partial charge in [-0.2, -0.15) is 0 Å². The Bertz CT molecular complexity index is 1110. The van der Waals surface area contributed by atoms with Gasteiger partial charge in [-0.25, -0.2) is 0 Å². The maximum atomic E-state index is 12.7. The van der Waals surface area contributed by atoms with E-state index in [1.54, 1.807) is 22.8 Å². The number of methoxy groups -OCH3 is 3. The molecule has 0 unspecified atom stereocenters. The molecule has 0 saturated heterocycles. The molecule has 0 bridgehead atoms. The highest BCUT2D eigenvalue weighted by Gasteiger charge is 2.20. The molecule has 8 nitrogen and oxygen atoms in total. The lowest BCUT2D eigenvalue weighted by Crippen LogP contribution is -2.00. The lowest BCUT2D eigenvalue weighted by Gasteiger charge is -2.12. The highest BCUT2D eigenvalue weighted by Crippen LogP contribution is 2.42. The normalized spacial score (nSPS) is 11.4. The van der Waals surface area contributed by atoms with E-state index in [1.165, 1.54) is 33.5 Å². The summed E-state index contributed by atoms with van der Waals surface area (Å²) in [5.74, 6) is 0.272. The third-order valence-electron chi connectivity index (χ3n) is 4.58. The largest absolute Gasteiger partial charge is 0.493 e. The number of fused-ring (bicyclic) bond motifs is 1. The number of hydrogen-bond donors (Lipinski definition) is 1. The first-order valence-corrected chi connectivity index (χ1v) is 9.48. The van der Waals surface area contributed by atoms with Crippen molar-refractivity contribution in [2.45, 2.75) is 19.9 Å². The number of rotatable bonds is 6. The zero-order valence-corrected chi connectivity index (χ0v) is 18.0. The number of ether oxygens (including phenoxy) is 3. The van der Waals surface area contributed by atoms with E-state index in [1.807, 2.05) is 13.8 Å². The molecule has 9 heteroatoms. The summed E-state index contributed by atoms with van der Waals surface area (Å²) < 4.78 is 17.5. The SMILES string of the molecule is COc1cc(C(=O)N=Nc2c(O)n(C(C)C)c3ccc(Cl)cc23)cc(OC)c1OC. The topological polar surface area (TPSA) is 94.6 Å². The third kappa shape index (κ3) is 3.78. The van der Waals surface area contributed by atoms with Gasteiger partial charge in [-0.1, -0.05) is 11.6 Å². The van der Waals surface area contributed by atoms with E-state index < -0.39 is 5.91 Å². The smallest absolute Gasteiger partial charge is 0.295 e. The fourth-order valence-corrected chi connectivity index (χ4v) is 3.41. The standard InChI is InChI=1S/C21H22ClN3O5/c1-11(2)25-15-7-6-13(22)10-14(15)18(21(25)27)23-24-20(26)12-8-16(28-3)19(30-5)17(9-12)29-4/h6-11,27H,1-5H3. The van der Waals surface area contributed by atoms with Crippen molar-refractivity contribution in [3.05, 3.63) is 40.9 Å². The van der Waals surface area contributed by atoms with Crippen LogP contribution in [0.3, 0.4) is 0 Å². The zero-order chi connectivity index (χ0) is 22.0. The van der Waals surface area contributed by atoms with Gasteiger partial charge in [0.25, 0.3) is 5.91 Å². The van der Waals surface area contributed by atoms with Gasteiger partial charge in [0, 0.05) is 16.5 Å². The maximum absolute atomic E-state index is 12.7. The van der Waals surface area contributed by atoms with Crippen molar-refractivity contribution in [3.8, 4) is 23.1 Å². The molecule has 3 rings (SSSR count). The van der Waals surface area contributed by atoms with E-state index in [0.717, 1.165) is 5.52 Å². The number of amides is 1. The van der Waals surface area contributed by atoms with E-state index in [-0.39, 0.29) is 23.2 Å². The van der Waals surface area contributed by atoms with Crippen LogP contribution < -0.4 is 14.2 Å². The Kier molecular flexibility index (Phi) is 6.17. The van der Waals surface area contributed by atoms with Gasteiger partial charge in [-0.3, -0.25) is 4.79 Å². The number of carbonyl (C=O) groups excluding carboxylic acids is 1. The van der Waals surface area contributed by atoms with E-state index in [9.17, 15) is 9.90 Å². The number of halogens is 1. The second kappa shape index (κ2) is 8.62. The van der Waals surface area contributed by atoms with E-state index in [2.05, 4.69) is 10.2 Å². The molecule has 2 aromatic carbocycles. The van der Waals surface area contributed by atoms with Crippen LogP contribution in [0.5, 0.6) is 23.1 Å². The minimum Gasteiger partial charge on any atom is -0.493 e. The predicted octanol–water partition coefficient (Wildman–Crippen LogP) is 5.53. The molecule has 0 aliphatic carbocycles. The molecule has 0 saturated carbocycles. The van der Waals surface area contributed by atoms with Gasteiger partial charge in [0.15, 0.2) is 17.2 Å². The molecule has 1 N–H and O–H groups in total. The van der Waals surface area contributed by atoms with Crippen LogP contribution in [0.15, 0.2) is 40.6 Å². The molecule has 0 radical (unpaired) electrons. The van der Waals surface area contributed by atoms with Gasteiger partial charge in [0.05, 0.1) is 32.4 Å². The molecule has 0 fully saturated rings. The lowest BCUT2D eigenvalue weighted by atomic mass is 10.1. The van der Waals surface area contributed by atoms with Crippen LogP contribution in [0, 0.1) is 0 Å². The van der Waals surface area contributed by atoms with Crippen LogP contribution in [-0.4, -0.2) is 36.9 Å². The Labute approximate surface area is 178 Å². The lowest BCUT2D eigenvalue weighted by molar-refractivity contribution is 0.0994. The Morgan fingerprint density at radius 3 is 2.23 bits per heavy atom. The monoisotopic (exact) mass is 431 g/mol. The van der Waals surface area contributed by atoms with Gasteiger partial charge >= 0.3 is 0 Å². The van der Waals surface area contributed by atoms with Crippen LogP contribution >= 0.6 is 11.6 Å². The average molecular weight is 432 g/mol. The number of aromatic nitrogens is 1. The van der Waals surface area contributed by atoms with Crippen molar-refractivity contribution in [2.75, 3.05) is 21.3 Å². The summed E-state index contributed by atoms with van der Waals surface area (Å²) in [6, 6.07) is 8.12. The van der Waals surface area contributed by atoms with Gasteiger partial charge in [0.1, 0.15) is 0 Å². The van der Waals surface area contributed by atoms with Crippen LogP contribution in [0.4, 0.5) is 5.69 Å². The van der Waals surface area contributed by atoms with Crippen molar-refractivity contribution in [3.63, 3.8) is 0 Å². The zero-order valence-electron chi connectivity index (χ0n) is 17.3. The summed E-state index contributed by atoms with van der Waals surface area (Å²) in [5.41, 5.74) is 1.10. The maximum Gasteiger partial charge on any atom is 0.295 e. The van der Waals surface area contributed by atoms with Crippen LogP contribution in [0.2, 0.25) is 5.02 Å². The second-order valence-electron chi connectivity index (χ2n) is 6.72. The minimum atomic E-state index is -0.638. The summed E-state index contributed by atoms with van der Waals surface area (Å²) in [6.07, 6.45) is 0. The third-order valence-corrected chi connectivity index (χ3v) is 4.82. The van der Waals surface area contributed by atoms with E-state index >= 15 is 0 Å². The van der Waals surface area contributed by atoms with Crippen LogP contribution in [0.25, 0.3) is 10.9 Å². The summed E-state index contributed by atoms with van der Waals surface area (Å²) in [6.45, 7) is 3.85. The molecule has 0 atom stereocenters. The summed E-state index contributed by atoms with van der Waals surface area (Å²) >= 11 is 6.12. The molecule has 1 amide bonds. The number of aromatic hydroxyl groups is 1. The van der Waals surface area contributed by atoms with Gasteiger partial charge in [-0.05, 0) is 44.2 Å². The molecule has 0 aliphatic heterocycles. The number of benzene rings is 2. The second-order valence-corrected chi connectivity index (χ2v) is 7.15. The summed E-state index contributed by atoms with van der Waals surface area (Å²) in [7, 11) is 4.38. The fraction of sp³-hybridized carbons (Fsp3) is 0.286. The summed E-state index contributed by atoms with van der Waals surface area (Å²) in [4.78, 5) is 12.7. The van der Waals surface area contributed by atoms with Crippen molar-refractivity contribution in [1.82, 2.24) is 4.57 Å². The first kappa shape index (κ1) is 21.4. The average Bonchev–Trinajstić information content (AvgIpc) is 3.01. The van der Waals surface area contributed by atoms with Gasteiger partial charge in [-0.15, -0.1) is 10.2 Å². The first-order chi connectivity index (χ1) is 14.3. The highest BCUT2D eigenvalue weighted by atomic mass is 35.5. The first-order valence-electron chi connectivity index (χ1n) is 9.10. The fourth-order valence-electron chi connectivity index (χ4n) is 3.24. The Morgan fingerprint density at radius 1 is 1.07 bits per heavy atom. The van der Waals surface area contributed by atoms with Crippen LogP contribution in [0.1, 0.15) is 30.2 Å². The van der Waals surface area contributed by atoms with Crippen molar-refractivity contribution in [2.24, 2.45) is 10.2 Å². The van der Waals surface area contributed by atoms with Gasteiger partial charge in [0.2, 0.25) is 11.6 Å². The van der Waals surface area contributed by atoms with E-state index in [4.69, 9.17) is 25.8 Å². The number of nitrogens with zero attached hydrogens (tertiary/aromatic N) is 3. The molecule has 1 aromatic heterocycles.